The summed E-state index contributed by atoms with van der Waals surface area (Å²) in [5, 5.41) is 2.10. The maximum absolute atomic E-state index is 11.1. The fraction of sp³-hybridized carbons (Fsp3) is 0. The van der Waals surface area contributed by atoms with E-state index in [1.807, 2.05) is 36.4 Å². The summed E-state index contributed by atoms with van der Waals surface area (Å²) in [5.41, 5.74) is 0.707. The summed E-state index contributed by atoms with van der Waals surface area (Å²) in [6.45, 7) is 0. The molecule has 0 unspecified atom stereocenters. The Morgan fingerprint density at radius 2 is 1.93 bits per heavy atom. The lowest BCUT2D eigenvalue weighted by Crippen LogP contribution is -1.79. The van der Waals surface area contributed by atoms with Crippen LogP contribution in [0.5, 0.6) is 0 Å². The summed E-state index contributed by atoms with van der Waals surface area (Å²) in [6.07, 6.45) is 0. The smallest absolute Gasteiger partial charge is 0.396 e. The van der Waals surface area contributed by atoms with Crippen molar-refractivity contribution in [2.24, 2.45) is 0 Å². The molecule has 1 aromatic heterocycles. The van der Waals surface area contributed by atoms with Gasteiger partial charge in [-0.25, -0.2) is 4.79 Å². The molecule has 14 heavy (non-hydrogen) atoms. The molecule has 0 aliphatic carbocycles. The molecule has 0 bridgehead atoms. The number of hydrogen-bond acceptors (Lipinski definition) is 3. The minimum Gasteiger partial charge on any atom is -0.413 e. The van der Waals surface area contributed by atoms with Crippen LogP contribution in [0.3, 0.4) is 0 Å². The van der Waals surface area contributed by atoms with E-state index in [1.165, 1.54) is 0 Å². The van der Waals surface area contributed by atoms with Crippen LogP contribution in [0.1, 0.15) is 0 Å². The van der Waals surface area contributed by atoms with E-state index in [9.17, 15) is 4.79 Å². The Morgan fingerprint density at radius 1 is 1.07 bits per heavy atom. The third kappa shape index (κ3) is 0.992. The van der Waals surface area contributed by atoms with Crippen LogP contribution in [0, 0.1) is 0 Å². The number of fused-ring (bicyclic) bond motifs is 3. The first-order valence-corrected chi connectivity index (χ1v) is 5.08. The van der Waals surface area contributed by atoms with Crippen LogP contribution >= 0.6 is 11.3 Å². The van der Waals surface area contributed by atoms with Crippen molar-refractivity contribution in [1.82, 2.24) is 0 Å². The highest BCUT2D eigenvalue weighted by molar-refractivity contribution is 7.16. The van der Waals surface area contributed by atoms with Gasteiger partial charge in [-0.05, 0) is 11.5 Å². The summed E-state index contributed by atoms with van der Waals surface area (Å²) < 4.78 is 6.05. The summed E-state index contributed by atoms with van der Waals surface area (Å²) in [6, 6.07) is 11.8. The number of hydrogen-bond donors (Lipinski definition) is 0. The van der Waals surface area contributed by atoms with Crippen molar-refractivity contribution >= 4 is 32.4 Å². The molecule has 0 radical (unpaired) electrons. The van der Waals surface area contributed by atoms with Gasteiger partial charge in [-0.15, -0.1) is 0 Å². The van der Waals surface area contributed by atoms with E-state index in [4.69, 9.17) is 4.42 Å². The SMILES string of the molecule is O=c1oc2c(ccc3ccccc32)s1. The van der Waals surface area contributed by atoms with Crippen molar-refractivity contribution in [3.8, 4) is 0 Å². The molecule has 1 heterocycles. The standard InChI is InChI=1S/C11H6O2S/c12-11-13-10-8-4-2-1-3-7(8)5-6-9(10)14-11/h1-6H. The topological polar surface area (TPSA) is 30.2 Å². The molecule has 0 N–H and O–H groups in total. The van der Waals surface area contributed by atoms with Crippen molar-refractivity contribution in [1.29, 1.82) is 0 Å². The summed E-state index contributed by atoms with van der Waals surface area (Å²) >= 11 is 1.14. The molecular weight excluding hydrogens is 196 g/mol. The van der Waals surface area contributed by atoms with Gasteiger partial charge in [0.15, 0.2) is 5.58 Å². The van der Waals surface area contributed by atoms with Crippen molar-refractivity contribution in [3.63, 3.8) is 0 Å². The van der Waals surface area contributed by atoms with Gasteiger partial charge in [0.1, 0.15) is 0 Å². The third-order valence-corrected chi connectivity index (χ3v) is 3.01. The van der Waals surface area contributed by atoms with Crippen molar-refractivity contribution in [3.05, 3.63) is 46.1 Å². The van der Waals surface area contributed by atoms with E-state index in [1.54, 1.807) is 0 Å². The minimum absolute atomic E-state index is 0.239. The van der Waals surface area contributed by atoms with Crippen LogP contribution < -0.4 is 4.94 Å². The normalized spacial score (nSPS) is 11.1. The zero-order chi connectivity index (χ0) is 9.54. The first kappa shape index (κ1) is 7.76. The Morgan fingerprint density at radius 3 is 2.86 bits per heavy atom. The second-order valence-corrected chi connectivity index (χ2v) is 4.05. The van der Waals surface area contributed by atoms with Gasteiger partial charge in [0, 0.05) is 5.39 Å². The Labute approximate surface area is 83.4 Å². The van der Waals surface area contributed by atoms with Crippen LogP contribution in [-0.2, 0) is 0 Å². The Bertz CT molecular complexity index is 663. The lowest BCUT2D eigenvalue weighted by Gasteiger charge is -1.95. The molecule has 0 saturated heterocycles. The highest BCUT2D eigenvalue weighted by Gasteiger charge is 2.05. The monoisotopic (exact) mass is 202 g/mol. The van der Waals surface area contributed by atoms with Crippen LogP contribution in [0.15, 0.2) is 45.6 Å². The lowest BCUT2D eigenvalue weighted by atomic mass is 10.1. The lowest BCUT2D eigenvalue weighted by molar-refractivity contribution is 0.589. The number of benzene rings is 2. The van der Waals surface area contributed by atoms with Crippen LogP contribution in [0.2, 0.25) is 0 Å². The average molecular weight is 202 g/mol. The molecule has 0 aliphatic rings. The van der Waals surface area contributed by atoms with E-state index in [0.29, 0.717) is 5.58 Å². The van der Waals surface area contributed by atoms with E-state index >= 15 is 0 Å². The summed E-state index contributed by atoms with van der Waals surface area (Å²) in [7, 11) is 0. The van der Waals surface area contributed by atoms with Crippen LogP contribution in [0.25, 0.3) is 21.1 Å². The van der Waals surface area contributed by atoms with Gasteiger partial charge >= 0.3 is 4.94 Å². The predicted molar refractivity (Wildman–Crippen MR) is 57.9 cm³/mol. The molecule has 0 fully saturated rings. The van der Waals surface area contributed by atoms with E-state index in [0.717, 1.165) is 26.8 Å². The van der Waals surface area contributed by atoms with Gasteiger partial charge in [0.2, 0.25) is 0 Å². The third-order valence-electron chi connectivity index (χ3n) is 2.22. The van der Waals surface area contributed by atoms with Gasteiger partial charge in [-0.3, -0.25) is 0 Å². The maximum atomic E-state index is 11.1. The molecule has 0 spiro atoms. The second-order valence-electron chi connectivity index (χ2n) is 3.07. The van der Waals surface area contributed by atoms with Crippen LogP contribution in [0.4, 0.5) is 0 Å². The Balaban J connectivity index is 2.66. The predicted octanol–water partition coefficient (Wildman–Crippen LogP) is 3.01. The molecule has 68 valence electrons. The zero-order valence-electron chi connectivity index (χ0n) is 7.19. The zero-order valence-corrected chi connectivity index (χ0v) is 8.01. The average Bonchev–Trinajstić information content (AvgIpc) is 2.59. The molecule has 0 saturated carbocycles. The molecule has 0 aliphatic heterocycles. The van der Waals surface area contributed by atoms with Gasteiger partial charge in [-0.2, -0.15) is 0 Å². The van der Waals surface area contributed by atoms with Crippen LogP contribution in [-0.4, -0.2) is 0 Å². The van der Waals surface area contributed by atoms with Gasteiger partial charge in [0.25, 0.3) is 0 Å². The fourth-order valence-electron chi connectivity index (χ4n) is 1.60. The largest absolute Gasteiger partial charge is 0.413 e. The van der Waals surface area contributed by atoms with Crippen molar-refractivity contribution in [2.45, 2.75) is 0 Å². The first-order valence-electron chi connectivity index (χ1n) is 4.26. The molecule has 3 aromatic rings. The van der Waals surface area contributed by atoms with E-state index in [-0.39, 0.29) is 4.94 Å². The first-order chi connectivity index (χ1) is 6.84. The molecule has 0 atom stereocenters. The van der Waals surface area contributed by atoms with Crippen molar-refractivity contribution in [2.75, 3.05) is 0 Å². The molecule has 3 heteroatoms. The maximum Gasteiger partial charge on any atom is 0.396 e. The second kappa shape index (κ2) is 2.69. The quantitative estimate of drug-likeness (QED) is 0.561. The van der Waals surface area contributed by atoms with Gasteiger partial charge in [-0.1, -0.05) is 41.7 Å². The van der Waals surface area contributed by atoms with E-state index in [2.05, 4.69) is 0 Å². The van der Waals surface area contributed by atoms with E-state index < -0.39 is 0 Å². The molecular formula is C11H6O2S. The summed E-state index contributed by atoms with van der Waals surface area (Å²) in [5.74, 6) is 0. The molecule has 0 amide bonds. The highest BCUT2D eigenvalue weighted by atomic mass is 32.1. The Kier molecular flexibility index (Phi) is 1.49. The van der Waals surface area contributed by atoms with Gasteiger partial charge in [0.05, 0.1) is 4.70 Å². The summed E-state index contributed by atoms with van der Waals surface area (Å²) in [4.78, 5) is 10.8. The minimum atomic E-state index is -0.239. The number of rotatable bonds is 0. The molecule has 3 rings (SSSR count). The Hall–Kier alpha value is -1.61. The highest BCUT2D eigenvalue weighted by Crippen LogP contribution is 2.26. The molecule has 2 aromatic carbocycles. The molecule has 2 nitrogen and oxygen atoms in total. The van der Waals surface area contributed by atoms with Crippen molar-refractivity contribution < 1.29 is 4.42 Å². The van der Waals surface area contributed by atoms with Gasteiger partial charge < -0.3 is 4.42 Å². The fourth-order valence-corrected chi connectivity index (χ4v) is 2.29.